The topological polar surface area (TPSA) is 52.0 Å². The summed E-state index contributed by atoms with van der Waals surface area (Å²) < 4.78 is 7.49. The molecular weight excluding hydrogens is 180 g/mol. The van der Waals surface area contributed by atoms with Crippen LogP contribution in [0.1, 0.15) is 18.6 Å². The molecule has 0 atom stereocenters. The molecule has 0 radical (unpaired) electrons. The molecule has 0 bridgehead atoms. The van der Waals surface area contributed by atoms with E-state index < -0.39 is 0 Å². The molecule has 1 aromatic heterocycles. The third kappa shape index (κ3) is 1.93. The van der Waals surface area contributed by atoms with Crippen LogP contribution in [0.15, 0.2) is 0 Å². The van der Waals surface area contributed by atoms with Gasteiger partial charge in [-0.15, -0.1) is 10.2 Å². The van der Waals surface area contributed by atoms with Gasteiger partial charge in [0.05, 0.1) is 13.2 Å². The zero-order chi connectivity index (χ0) is 9.80. The predicted molar refractivity (Wildman–Crippen MR) is 51.9 cm³/mol. The summed E-state index contributed by atoms with van der Waals surface area (Å²) in [5.41, 5.74) is 0. The molecule has 0 saturated heterocycles. The molecule has 5 nitrogen and oxygen atoms in total. The minimum atomic E-state index is 0.738. The Morgan fingerprint density at radius 2 is 2.43 bits per heavy atom. The standard InChI is InChI=1S/C9H16N4O/c1-2-14-6-3-8-11-12-9-7-10-4-5-13(8)9/h10H,2-7H2,1H3. The van der Waals surface area contributed by atoms with Crippen LogP contribution in [0, 0.1) is 0 Å². The highest BCUT2D eigenvalue weighted by Crippen LogP contribution is 2.06. The van der Waals surface area contributed by atoms with Crippen LogP contribution >= 0.6 is 0 Å². The van der Waals surface area contributed by atoms with E-state index in [0.29, 0.717) is 0 Å². The van der Waals surface area contributed by atoms with Gasteiger partial charge in [0.2, 0.25) is 0 Å². The third-order valence-electron chi connectivity index (χ3n) is 2.37. The molecule has 0 fully saturated rings. The van der Waals surface area contributed by atoms with Crippen molar-refractivity contribution in [2.45, 2.75) is 26.4 Å². The zero-order valence-corrected chi connectivity index (χ0v) is 8.49. The second-order valence-corrected chi connectivity index (χ2v) is 3.31. The maximum Gasteiger partial charge on any atom is 0.147 e. The lowest BCUT2D eigenvalue weighted by atomic mass is 10.3. The molecular formula is C9H16N4O. The highest BCUT2D eigenvalue weighted by molar-refractivity contribution is 4.98. The Kier molecular flexibility index (Phi) is 3.10. The Morgan fingerprint density at radius 3 is 3.29 bits per heavy atom. The molecule has 1 aromatic rings. The Balaban J connectivity index is 1.99. The van der Waals surface area contributed by atoms with Crippen LogP contribution in [-0.2, 0) is 24.2 Å². The van der Waals surface area contributed by atoms with Gasteiger partial charge in [0.15, 0.2) is 0 Å². The van der Waals surface area contributed by atoms with E-state index in [1.807, 2.05) is 6.92 Å². The van der Waals surface area contributed by atoms with Crippen LogP contribution in [0.3, 0.4) is 0 Å². The van der Waals surface area contributed by atoms with Gasteiger partial charge in [0, 0.05) is 26.1 Å². The van der Waals surface area contributed by atoms with E-state index in [4.69, 9.17) is 4.74 Å². The molecule has 14 heavy (non-hydrogen) atoms. The van der Waals surface area contributed by atoms with E-state index >= 15 is 0 Å². The van der Waals surface area contributed by atoms with Gasteiger partial charge < -0.3 is 14.6 Å². The normalized spacial score (nSPS) is 15.5. The number of hydrogen-bond acceptors (Lipinski definition) is 4. The second-order valence-electron chi connectivity index (χ2n) is 3.31. The Labute approximate surface area is 83.5 Å². The van der Waals surface area contributed by atoms with E-state index in [2.05, 4.69) is 20.1 Å². The first kappa shape index (κ1) is 9.61. The molecule has 0 saturated carbocycles. The number of nitrogens with zero attached hydrogens (tertiary/aromatic N) is 3. The fraction of sp³-hybridized carbons (Fsp3) is 0.778. The van der Waals surface area contributed by atoms with Crippen molar-refractivity contribution in [2.75, 3.05) is 19.8 Å². The number of hydrogen-bond donors (Lipinski definition) is 1. The molecule has 0 spiro atoms. The maximum atomic E-state index is 5.30. The van der Waals surface area contributed by atoms with Gasteiger partial charge in [-0.3, -0.25) is 0 Å². The molecule has 0 amide bonds. The average molecular weight is 196 g/mol. The van der Waals surface area contributed by atoms with Gasteiger partial charge in [-0.05, 0) is 6.92 Å². The fourth-order valence-electron chi connectivity index (χ4n) is 1.65. The average Bonchev–Trinajstić information content (AvgIpc) is 2.63. The molecule has 0 aliphatic carbocycles. The molecule has 0 unspecified atom stereocenters. The molecule has 2 heterocycles. The number of ether oxygens (including phenoxy) is 1. The summed E-state index contributed by atoms with van der Waals surface area (Å²) in [6.45, 7) is 6.33. The summed E-state index contributed by atoms with van der Waals surface area (Å²) in [6, 6.07) is 0. The van der Waals surface area contributed by atoms with Crippen LogP contribution in [-0.4, -0.2) is 34.5 Å². The molecule has 1 aliphatic heterocycles. The van der Waals surface area contributed by atoms with Gasteiger partial charge in [0.25, 0.3) is 0 Å². The minimum absolute atomic E-state index is 0.738. The zero-order valence-electron chi connectivity index (χ0n) is 8.49. The van der Waals surface area contributed by atoms with Gasteiger partial charge >= 0.3 is 0 Å². The van der Waals surface area contributed by atoms with Crippen molar-refractivity contribution in [1.82, 2.24) is 20.1 Å². The number of rotatable bonds is 4. The second kappa shape index (κ2) is 4.52. The van der Waals surface area contributed by atoms with Crippen LogP contribution in [0.4, 0.5) is 0 Å². The monoisotopic (exact) mass is 196 g/mol. The summed E-state index contributed by atoms with van der Waals surface area (Å²) in [7, 11) is 0. The molecule has 78 valence electrons. The van der Waals surface area contributed by atoms with Crippen LogP contribution in [0.2, 0.25) is 0 Å². The van der Waals surface area contributed by atoms with Crippen molar-refractivity contribution >= 4 is 0 Å². The number of aromatic nitrogens is 3. The first-order valence-corrected chi connectivity index (χ1v) is 5.11. The quantitative estimate of drug-likeness (QED) is 0.687. The minimum Gasteiger partial charge on any atom is -0.381 e. The van der Waals surface area contributed by atoms with Gasteiger partial charge in [-0.25, -0.2) is 0 Å². The van der Waals surface area contributed by atoms with Crippen molar-refractivity contribution < 1.29 is 4.74 Å². The van der Waals surface area contributed by atoms with Gasteiger partial charge in [-0.2, -0.15) is 0 Å². The molecule has 2 rings (SSSR count). The van der Waals surface area contributed by atoms with Crippen LogP contribution in [0.5, 0.6) is 0 Å². The molecule has 1 aliphatic rings. The Hall–Kier alpha value is -0.940. The number of nitrogens with one attached hydrogen (secondary N) is 1. The van der Waals surface area contributed by atoms with E-state index in [1.54, 1.807) is 0 Å². The highest BCUT2D eigenvalue weighted by atomic mass is 16.5. The first-order chi connectivity index (χ1) is 6.92. The molecule has 0 aromatic carbocycles. The van der Waals surface area contributed by atoms with E-state index in [1.165, 1.54) is 0 Å². The SMILES string of the molecule is CCOCCc1nnc2n1CCNC2. The van der Waals surface area contributed by atoms with Gasteiger partial charge in [-0.1, -0.05) is 0 Å². The van der Waals surface area contributed by atoms with E-state index in [9.17, 15) is 0 Å². The smallest absolute Gasteiger partial charge is 0.147 e. The molecule has 5 heteroatoms. The van der Waals surface area contributed by atoms with Crippen LogP contribution < -0.4 is 5.32 Å². The molecule has 1 N–H and O–H groups in total. The van der Waals surface area contributed by atoms with Crippen LogP contribution in [0.25, 0.3) is 0 Å². The highest BCUT2D eigenvalue weighted by Gasteiger charge is 2.14. The largest absolute Gasteiger partial charge is 0.381 e. The number of fused-ring (bicyclic) bond motifs is 1. The van der Waals surface area contributed by atoms with Crippen molar-refractivity contribution in [3.05, 3.63) is 11.6 Å². The van der Waals surface area contributed by atoms with E-state index in [0.717, 1.165) is 50.9 Å². The fourth-order valence-corrected chi connectivity index (χ4v) is 1.65. The maximum absolute atomic E-state index is 5.30. The van der Waals surface area contributed by atoms with Crippen molar-refractivity contribution in [3.8, 4) is 0 Å². The lowest BCUT2D eigenvalue weighted by Gasteiger charge is -2.15. The first-order valence-electron chi connectivity index (χ1n) is 5.11. The summed E-state index contributed by atoms with van der Waals surface area (Å²) in [5.74, 6) is 2.10. The lowest BCUT2D eigenvalue weighted by Crippen LogP contribution is -2.29. The van der Waals surface area contributed by atoms with Crippen molar-refractivity contribution in [1.29, 1.82) is 0 Å². The third-order valence-corrected chi connectivity index (χ3v) is 2.37. The summed E-state index contributed by atoms with van der Waals surface area (Å²) >= 11 is 0. The Morgan fingerprint density at radius 1 is 1.50 bits per heavy atom. The summed E-state index contributed by atoms with van der Waals surface area (Å²) in [5, 5.41) is 11.6. The predicted octanol–water partition coefficient (Wildman–Crippen LogP) is -0.0397. The van der Waals surface area contributed by atoms with Gasteiger partial charge in [0.1, 0.15) is 11.6 Å². The van der Waals surface area contributed by atoms with E-state index in [-0.39, 0.29) is 0 Å². The van der Waals surface area contributed by atoms with Crippen molar-refractivity contribution in [2.24, 2.45) is 0 Å². The lowest BCUT2D eigenvalue weighted by molar-refractivity contribution is 0.148. The summed E-state index contributed by atoms with van der Waals surface area (Å²) in [6.07, 6.45) is 0.862. The summed E-state index contributed by atoms with van der Waals surface area (Å²) in [4.78, 5) is 0. The van der Waals surface area contributed by atoms with Crippen molar-refractivity contribution in [3.63, 3.8) is 0 Å². The Bertz CT molecular complexity index is 297.